The van der Waals surface area contributed by atoms with Gasteiger partial charge in [0.2, 0.25) is 11.9 Å². The summed E-state index contributed by atoms with van der Waals surface area (Å²) < 4.78 is 30.8. The fourth-order valence-electron chi connectivity index (χ4n) is 7.10. The van der Waals surface area contributed by atoms with Crippen LogP contribution >= 0.6 is 0 Å². The van der Waals surface area contributed by atoms with Gasteiger partial charge in [-0.05, 0) is 81.0 Å². The number of hydrogen-bond acceptors (Lipinski definition) is 13. The maximum Gasteiger partial charge on any atom is 0.229 e. The van der Waals surface area contributed by atoms with E-state index in [0.29, 0.717) is 24.1 Å². The average molecular weight is 746 g/mol. The second-order valence-electron chi connectivity index (χ2n) is 13.8. The van der Waals surface area contributed by atoms with Gasteiger partial charge in [-0.2, -0.15) is 20.2 Å². The molecule has 15 nitrogen and oxygen atoms in total. The number of rotatable bonds is 12. The van der Waals surface area contributed by atoms with Gasteiger partial charge in [-0.1, -0.05) is 0 Å². The number of halogens is 1. The van der Waals surface area contributed by atoms with Gasteiger partial charge in [0, 0.05) is 74.2 Å². The topological polar surface area (TPSA) is 166 Å². The van der Waals surface area contributed by atoms with Crippen molar-refractivity contribution in [3.8, 4) is 22.9 Å². The lowest BCUT2D eigenvalue weighted by Gasteiger charge is -2.24. The molecule has 16 heteroatoms. The largest absolute Gasteiger partial charge is 0.494 e. The van der Waals surface area contributed by atoms with Crippen molar-refractivity contribution >= 4 is 34.9 Å². The van der Waals surface area contributed by atoms with E-state index in [0.717, 1.165) is 90.0 Å². The van der Waals surface area contributed by atoms with E-state index in [-0.39, 0.29) is 23.4 Å². The van der Waals surface area contributed by atoms with Crippen molar-refractivity contribution in [3.05, 3.63) is 94.6 Å². The van der Waals surface area contributed by atoms with Crippen molar-refractivity contribution in [2.45, 2.75) is 46.1 Å². The molecule has 0 saturated carbocycles. The molecule has 0 spiro atoms. The molecule has 8 rings (SSSR count). The molecule has 55 heavy (non-hydrogen) atoms. The molecular weight excluding hydrogens is 702 g/mol. The predicted octanol–water partition coefficient (Wildman–Crippen LogP) is 5.80. The Bertz CT molecular complexity index is 2330. The Morgan fingerprint density at radius 2 is 1.67 bits per heavy atom. The maximum atomic E-state index is 14.5. The lowest BCUT2D eigenvalue weighted by Crippen LogP contribution is -2.22. The predicted molar refractivity (Wildman–Crippen MR) is 209 cm³/mol. The van der Waals surface area contributed by atoms with Crippen LogP contribution in [0.2, 0.25) is 0 Å². The van der Waals surface area contributed by atoms with Gasteiger partial charge in [-0.15, -0.1) is 0 Å². The Kier molecular flexibility index (Phi) is 9.88. The van der Waals surface area contributed by atoms with Crippen molar-refractivity contribution in [1.29, 1.82) is 0 Å². The van der Waals surface area contributed by atoms with Gasteiger partial charge in [0.1, 0.15) is 28.7 Å². The molecule has 284 valence electrons. The van der Waals surface area contributed by atoms with Crippen molar-refractivity contribution in [2.24, 2.45) is 5.92 Å². The third kappa shape index (κ3) is 7.45. The first-order chi connectivity index (χ1) is 26.8. The van der Waals surface area contributed by atoms with Crippen LogP contribution in [0.3, 0.4) is 0 Å². The molecule has 0 saturated heterocycles. The monoisotopic (exact) mass is 745 g/mol. The van der Waals surface area contributed by atoms with Crippen molar-refractivity contribution in [3.63, 3.8) is 0 Å². The summed E-state index contributed by atoms with van der Waals surface area (Å²) in [6.07, 6.45) is 7.48. The standard InChI is InChI=1S/C39H44FN13O2/c1-22-14-35(41-3)49-38(45-22)47-28-8-10-33(54-5)32(17-28)53-30-15-24(6-7-25(30)19-44-53)21-55-34-11-9-27(48-39-46-23(2)36(40)37(42-4)50-39)16-31(34)52-20-26-18-43-13-12-29(26)51-52/h8-11,14,16-17,19-20,24,43H,6-7,12-13,15,18,21H2,1-5H3,(H2,41,45,47,49)(H2,42,46,48,50). The number of aryl methyl sites for hydroxylation is 3. The number of hydrogen-bond donors (Lipinski definition) is 5. The van der Waals surface area contributed by atoms with Crippen LogP contribution in [0.1, 0.15) is 40.3 Å². The van der Waals surface area contributed by atoms with Crippen LogP contribution in [0.4, 0.5) is 39.3 Å². The fraction of sp³-hybridized carbons (Fsp3) is 0.333. The number of ether oxygens (including phenoxy) is 2. The van der Waals surface area contributed by atoms with Crippen LogP contribution in [-0.2, 0) is 25.8 Å². The van der Waals surface area contributed by atoms with Crippen molar-refractivity contribution in [2.75, 3.05) is 55.6 Å². The number of aromatic nitrogens is 8. The van der Waals surface area contributed by atoms with Crippen LogP contribution in [0.15, 0.2) is 54.9 Å². The molecule has 2 aliphatic rings. The third-order valence-corrected chi connectivity index (χ3v) is 9.95. The number of benzene rings is 2. The zero-order valence-corrected chi connectivity index (χ0v) is 31.5. The van der Waals surface area contributed by atoms with Crippen molar-refractivity contribution in [1.82, 2.24) is 44.8 Å². The zero-order chi connectivity index (χ0) is 38.1. The van der Waals surface area contributed by atoms with Gasteiger partial charge >= 0.3 is 0 Å². The normalized spacial score (nSPS) is 14.8. The van der Waals surface area contributed by atoms with Crippen LogP contribution in [0.5, 0.6) is 11.5 Å². The highest BCUT2D eigenvalue weighted by atomic mass is 19.1. The first-order valence-corrected chi connectivity index (χ1v) is 18.4. The minimum atomic E-state index is -0.479. The zero-order valence-electron chi connectivity index (χ0n) is 31.5. The average Bonchev–Trinajstić information content (AvgIpc) is 3.83. The molecule has 1 unspecified atom stereocenters. The Hall–Kier alpha value is -6.29. The molecule has 0 amide bonds. The first-order valence-electron chi connectivity index (χ1n) is 18.4. The maximum absolute atomic E-state index is 14.5. The fourth-order valence-corrected chi connectivity index (χ4v) is 7.10. The molecule has 5 N–H and O–H groups in total. The second-order valence-corrected chi connectivity index (χ2v) is 13.8. The van der Waals surface area contributed by atoms with Gasteiger partial charge < -0.3 is 36.1 Å². The lowest BCUT2D eigenvalue weighted by molar-refractivity contribution is 0.232. The summed E-state index contributed by atoms with van der Waals surface area (Å²) in [4.78, 5) is 17.7. The summed E-state index contributed by atoms with van der Waals surface area (Å²) in [5.74, 6) is 2.79. The minimum absolute atomic E-state index is 0.127. The lowest BCUT2D eigenvalue weighted by atomic mass is 9.88. The van der Waals surface area contributed by atoms with E-state index >= 15 is 0 Å². The Morgan fingerprint density at radius 1 is 0.891 bits per heavy atom. The van der Waals surface area contributed by atoms with E-state index in [9.17, 15) is 4.39 Å². The summed E-state index contributed by atoms with van der Waals surface area (Å²) in [7, 11) is 5.13. The molecule has 5 heterocycles. The first kappa shape index (κ1) is 35.7. The molecule has 4 aromatic heterocycles. The molecular formula is C39H44FN13O2. The number of fused-ring (bicyclic) bond motifs is 2. The Morgan fingerprint density at radius 3 is 2.44 bits per heavy atom. The number of methoxy groups -OCH3 is 1. The van der Waals surface area contributed by atoms with Gasteiger partial charge in [-0.25, -0.2) is 23.7 Å². The summed E-state index contributed by atoms with van der Waals surface area (Å²) in [6, 6.07) is 13.6. The Labute approximate surface area is 318 Å². The van der Waals surface area contributed by atoms with Crippen LogP contribution in [0, 0.1) is 25.6 Å². The second kappa shape index (κ2) is 15.2. The quantitative estimate of drug-likeness (QED) is 0.102. The number of nitrogens with one attached hydrogen (secondary N) is 5. The van der Waals surface area contributed by atoms with E-state index in [4.69, 9.17) is 19.7 Å². The van der Waals surface area contributed by atoms with Gasteiger partial charge in [-0.3, -0.25) is 0 Å². The van der Waals surface area contributed by atoms with E-state index in [1.54, 1.807) is 21.1 Å². The van der Waals surface area contributed by atoms with Crippen LogP contribution in [-0.4, -0.2) is 73.9 Å². The van der Waals surface area contributed by atoms with Gasteiger partial charge in [0.25, 0.3) is 0 Å². The van der Waals surface area contributed by atoms with Crippen LogP contribution in [0.25, 0.3) is 11.4 Å². The molecule has 0 fully saturated rings. The third-order valence-electron chi connectivity index (χ3n) is 9.95. The van der Waals surface area contributed by atoms with Gasteiger partial charge in [0.15, 0.2) is 11.6 Å². The highest BCUT2D eigenvalue weighted by Crippen LogP contribution is 2.35. The van der Waals surface area contributed by atoms with E-state index in [1.165, 1.54) is 5.56 Å². The SMILES string of the molecule is CNc1cc(C)nc(Nc2ccc(OC)c(-n3ncc4c3CC(COc3ccc(Nc5nc(C)c(F)c(NC)n5)cc3-n3cc5c(n3)CCNC5)CC4)c2)n1. The van der Waals surface area contributed by atoms with Crippen LogP contribution < -0.4 is 36.1 Å². The summed E-state index contributed by atoms with van der Waals surface area (Å²) in [5.41, 5.74) is 8.79. The van der Waals surface area contributed by atoms with E-state index in [1.807, 2.05) is 72.0 Å². The molecule has 0 bridgehead atoms. The molecule has 6 aromatic rings. The van der Waals surface area contributed by atoms with Gasteiger partial charge in [0.05, 0.1) is 31.3 Å². The number of nitrogens with zero attached hydrogens (tertiary/aromatic N) is 8. The smallest absolute Gasteiger partial charge is 0.229 e. The minimum Gasteiger partial charge on any atom is -0.494 e. The molecule has 1 atom stereocenters. The highest BCUT2D eigenvalue weighted by molar-refractivity contribution is 5.65. The summed E-state index contributed by atoms with van der Waals surface area (Å²) in [6.45, 7) is 5.69. The molecule has 1 aliphatic heterocycles. The highest BCUT2D eigenvalue weighted by Gasteiger charge is 2.26. The Balaban J connectivity index is 1.04. The number of anilines is 6. The summed E-state index contributed by atoms with van der Waals surface area (Å²) >= 11 is 0. The van der Waals surface area contributed by atoms with E-state index in [2.05, 4.69) is 52.7 Å². The van der Waals surface area contributed by atoms with Crippen molar-refractivity contribution < 1.29 is 13.9 Å². The molecule has 0 radical (unpaired) electrons. The van der Waals surface area contributed by atoms with E-state index < -0.39 is 5.82 Å². The summed E-state index contributed by atoms with van der Waals surface area (Å²) in [5, 5.41) is 25.7. The molecule has 1 aliphatic carbocycles. The molecule has 2 aromatic carbocycles.